The van der Waals surface area contributed by atoms with Crippen LogP contribution in [0, 0.1) is 13.8 Å². The molecule has 0 unspecified atom stereocenters. The van der Waals surface area contributed by atoms with Gasteiger partial charge in [-0.2, -0.15) is 5.10 Å². The SMILES string of the molecule is CCn1nc(C)c(CNC(=O)c2cc(=O)c3ccc(OC)cc3o2)c1C. The van der Waals surface area contributed by atoms with Gasteiger partial charge in [0.05, 0.1) is 18.2 Å². The van der Waals surface area contributed by atoms with E-state index in [4.69, 9.17) is 9.15 Å². The maximum atomic E-state index is 12.5. The van der Waals surface area contributed by atoms with Crippen molar-refractivity contribution >= 4 is 16.9 Å². The summed E-state index contributed by atoms with van der Waals surface area (Å²) in [6, 6.07) is 6.09. The van der Waals surface area contributed by atoms with Crippen LogP contribution in [0.4, 0.5) is 0 Å². The van der Waals surface area contributed by atoms with Crippen LogP contribution in [0.2, 0.25) is 0 Å². The molecule has 3 aromatic rings. The Morgan fingerprint density at radius 3 is 2.73 bits per heavy atom. The van der Waals surface area contributed by atoms with Gasteiger partial charge in [-0.1, -0.05) is 0 Å². The monoisotopic (exact) mass is 355 g/mol. The molecule has 0 aliphatic heterocycles. The predicted molar refractivity (Wildman–Crippen MR) is 97.6 cm³/mol. The first-order valence-corrected chi connectivity index (χ1v) is 8.37. The minimum absolute atomic E-state index is 0.0334. The largest absolute Gasteiger partial charge is 0.497 e. The fraction of sp³-hybridized carbons (Fsp3) is 0.316. The highest BCUT2D eigenvalue weighted by molar-refractivity contribution is 5.93. The number of aromatic nitrogens is 2. The van der Waals surface area contributed by atoms with E-state index in [2.05, 4.69) is 10.4 Å². The first kappa shape index (κ1) is 17.7. The second kappa shape index (κ2) is 7.03. The van der Waals surface area contributed by atoms with Crippen molar-refractivity contribution in [3.63, 3.8) is 0 Å². The van der Waals surface area contributed by atoms with Crippen molar-refractivity contribution in [2.75, 3.05) is 7.11 Å². The van der Waals surface area contributed by atoms with E-state index in [1.807, 2.05) is 25.5 Å². The predicted octanol–water partition coefficient (Wildman–Crippen LogP) is 2.56. The quantitative estimate of drug-likeness (QED) is 0.760. The molecule has 0 radical (unpaired) electrons. The topological polar surface area (TPSA) is 86.4 Å². The van der Waals surface area contributed by atoms with Gasteiger partial charge in [0.1, 0.15) is 11.3 Å². The molecule has 3 rings (SSSR count). The number of hydrogen-bond donors (Lipinski definition) is 1. The molecule has 0 fully saturated rings. The van der Waals surface area contributed by atoms with E-state index in [9.17, 15) is 9.59 Å². The van der Waals surface area contributed by atoms with Crippen LogP contribution in [-0.4, -0.2) is 22.8 Å². The molecular formula is C19H21N3O4. The van der Waals surface area contributed by atoms with E-state index >= 15 is 0 Å². The van der Waals surface area contributed by atoms with Gasteiger partial charge in [-0.05, 0) is 32.9 Å². The van der Waals surface area contributed by atoms with E-state index in [0.717, 1.165) is 23.5 Å². The van der Waals surface area contributed by atoms with Crippen molar-refractivity contribution in [1.82, 2.24) is 15.1 Å². The maximum Gasteiger partial charge on any atom is 0.287 e. The second-order valence-electron chi connectivity index (χ2n) is 5.98. The summed E-state index contributed by atoms with van der Waals surface area (Å²) in [6.07, 6.45) is 0. The highest BCUT2D eigenvalue weighted by atomic mass is 16.5. The second-order valence-corrected chi connectivity index (χ2v) is 5.98. The Labute approximate surface area is 150 Å². The van der Waals surface area contributed by atoms with Crippen LogP contribution < -0.4 is 15.5 Å². The Balaban J connectivity index is 1.86. The molecule has 0 aliphatic carbocycles. The van der Waals surface area contributed by atoms with Crippen LogP contribution >= 0.6 is 0 Å². The third-order valence-electron chi connectivity index (χ3n) is 4.42. The minimum Gasteiger partial charge on any atom is -0.497 e. The molecule has 1 aromatic carbocycles. The van der Waals surface area contributed by atoms with Crippen LogP contribution in [0.3, 0.4) is 0 Å². The highest BCUT2D eigenvalue weighted by Crippen LogP contribution is 2.19. The van der Waals surface area contributed by atoms with E-state index < -0.39 is 5.91 Å². The van der Waals surface area contributed by atoms with E-state index in [-0.39, 0.29) is 11.2 Å². The number of rotatable bonds is 5. The van der Waals surface area contributed by atoms with Crippen LogP contribution in [0.1, 0.15) is 34.4 Å². The van der Waals surface area contributed by atoms with Crippen LogP contribution in [0.5, 0.6) is 5.75 Å². The maximum absolute atomic E-state index is 12.5. The van der Waals surface area contributed by atoms with Gasteiger partial charge in [0.2, 0.25) is 0 Å². The number of carbonyl (C=O) groups is 1. The van der Waals surface area contributed by atoms with Gasteiger partial charge in [-0.15, -0.1) is 0 Å². The lowest BCUT2D eigenvalue weighted by molar-refractivity contribution is 0.0923. The summed E-state index contributed by atoms with van der Waals surface area (Å²) in [7, 11) is 1.52. The summed E-state index contributed by atoms with van der Waals surface area (Å²) < 4.78 is 12.6. The van der Waals surface area contributed by atoms with E-state index in [0.29, 0.717) is 23.3 Å². The number of nitrogens with zero attached hydrogens (tertiary/aromatic N) is 2. The molecule has 1 N–H and O–H groups in total. The molecule has 7 heteroatoms. The molecule has 0 aliphatic rings. The average molecular weight is 355 g/mol. The fourth-order valence-electron chi connectivity index (χ4n) is 2.93. The number of nitrogens with one attached hydrogen (secondary N) is 1. The van der Waals surface area contributed by atoms with Crippen LogP contribution in [0.25, 0.3) is 11.0 Å². The summed E-state index contributed by atoms with van der Waals surface area (Å²) >= 11 is 0. The summed E-state index contributed by atoms with van der Waals surface area (Å²) in [5.74, 6) is 0.0697. The van der Waals surface area contributed by atoms with Crippen molar-refractivity contribution in [2.45, 2.75) is 33.9 Å². The molecule has 2 heterocycles. The highest BCUT2D eigenvalue weighted by Gasteiger charge is 2.15. The first-order chi connectivity index (χ1) is 12.4. The van der Waals surface area contributed by atoms with Crippen molar-refractivity contribution in [3.8, 4) is 5.75 Å². The summed E-state index contributed by atoms with van der Waals surface area (Å²) in [5, 5.41) is 7.63. The molecule has 0 spiro atoms. The van der Waals surface area contributed by atoms with Crippen molar-refractivity contribution in [3.05, 3.63) is 57.2 Å². The number of carbonyl (C=O) groups excluding carboxylic acids is 1. The molecule has 1 amide bonds. The Kier molecular flexibility index (Phi) is 4.79. The molecule has 26 heavy (non-hydrogen) atoms. The van der Waals surface area contributed by atoms with Crippen molar-refractivity contribution < 1.29 is 13.9 Å². The van der Waals surface area contributed by atoms with E-state index in [1.165, 1.54) is 13.2 Å². The Morgan fingerprint density at radius 2 is 2.08 bits per heavy atom. The molecule has 0 saturated carbocycles. The van der Waals surface area contributed by atoms with Gasteiger partial charge >= 0.3 is 0 Å². The van der Waals surface area contributed by atoms with Gasteiger partial charge in [0.15, 0.2) is 11.2 Å². The van der Waals surface area contributed by atoms with Gasteiger partial charge in [0, 0.05) is 36.5 Å². The zero-order chi connectivity index (χ0) is 18.8. The smallest absolute Gasteiger partial charge is 0.287 e. The van der Waals surface area contributed by atoms with Crippen LogP contribution in [-0.2, 0) is 13.1 Å². The van der Waals surface area contributed by atoms with Gasteiger partial charge < -0.3 is 14.5 Å². The zero-order valence-corrected chi connectivity index (χ0v) is 15.3. The Morgan fingerprint density at radius 1 is 1.31 bits per heavy atom. The summed E-state index contributed by atoms with van der Waals surface area (Å²) in [5.41, 5.74) is 2.88. The molecular weight excluding hydrogens is 334 g/mol. The van der Waals surface area contributed by atoms with Gasteiger partial charge in [0.25, 0.3) is 5.91 Å². The normalized spacial score (nSPS) is 10.9. The van der Waals surface area contributed by atoms with Gasteiger partial charge in [-0.25, -0.2) is 0 Å². The molecule has 0 bridgehead atoms. The third-order valence-corrected chi connectivity index (χ3v) is 4.42. The number of aryl methyl sites for hydroxylation is 2. The lowest BCUT2D eigenvalue weighted by atomic mass is 10.2. The van der Waals surface area contributed by atoms with Crippen molar-refractivity contribution in [2.24, 2.45) is 0 Å². The van der Waals surface area contributed by atoms with E-state index in [1.54, 1.807) is 18.2 Å². The number of amides is 1. The van der Waals surface area contributed by atoms with Gasteiger partial charge in [-0.3, -0.25) is 14.3 Å². The summed E-state index contributed by atoms with van der Waals surface area (Å²) in [6.45, 7) is 6.97. The lowest BCUT2D eigenvalue weighted by Gasteiger charge is -2.07. The molecule has 136 valence electrons. The Hall–Kier alpha value is -3.09. The van der Waals surface area contributed by atoms with Crippen LogP contribution in [0.15, 0.2) is 33.5 Å². The number of hydrogen-bond acceptors (Lipinski definition) is 5. The first-order valence-electron chi connectivity index (χ1n) is 8.37. The average Bonchev–Trinajstić information content (AvgIpc) is 2.92. The third kappa shape index (κ3) is 3.20. The number of ether oxygens (including phenoxy) is 1. The minimum atomic E-state index is -0.449. The molecule has 7 nitrogen and oxygen atoms in total. The Bertz CT molecular complexity index is 1030. The number of benzene rings is 1. The fourth-order valence-corrected chi connectivity index (χ4v) is 2.93. The number of methoxy groups -OCH3 is 1. The zero-order valence-electron chi connectivity index (χ0n) is 15.3. The summed E-state index contributed by atoms with van der Waals surface area (Å²) in [4.78, 5) is 24.7. The lowest BCUT2D eigenvalue weighted by Crippen LogP contribution is -2.24. The molecule has 0 saturated heterocycles. The molecule has 2 aromatic heterocycles. The molecule has 0 atom stereocenters. The number of fused-ring (bicyclic) bond motifs is 1. The standard InChI is InChI=1S/C19H21N3O4/c1-5-22-12(3)15(11(2)21-22)10-20-19(24)18-9-16(23)14-7-6-13(25-4)8-17(14)26-18/h6-9H,5,10H2,1-4H3,(H,20,24). The van der Waals surface area contributed by atoms with Crippen molar-refractivity contribution in [1.29, 1.82) is 0 Å².